The first kappa shape index (κ1) is 22.8. The van der Waals surface area contributed by atoms with Crippen molar-refractivity contribution in [2.24, 2.45) is 0 Å². The van der Waals surface area contributed by atoms with Crippen molar-refractivity contribution >= 4 is 27.6 Å². The molecule has 0 saturated carbocycles. The molecule has 3 rings (SSSR count). The fourth-order valence-electron chi connectivity index (χ4n) is 3.47. The Labute approximate surface area is 181 Å². The second-order valence-electron chi connectivity index (χ2n) is 7.35. The zero-order valence-electron chi connectivity index (χ0n) is 17.3. The Hall–Kier alpha value is -2.91. The molecule has 0 aromatic heterocycles. The van der Waals surface area contributed by atoms with Crippen LogP contribution < -0.4 is 5.32 Å². The highest BCUT2D eigenvalue weighted by Gasteiger charge is 2.25. The lowest BCUT2D eigenvalue weighted by atomic mass is 10.1. The summed E-state index contributed by atoms with van der Waals surface area (Å²) in [5.74, 6) is -1.40. The van der Waals surface area contributed by atoms with E-state index in [1.807, 2.05) is 0 Å². The summed E-state index contributed by atoms with van der Waals surface area (Å²) in [5.41, 5.74) is 0.905. The maximum Gasteiger partial charge on any atom is 0.341 e. The van der Waals surface area contributed by atoms with E-state index >= 15 is 0 Å². The van der Waals surface area contributed by atoms with Crippen molar-refractivity contribution in [3.05, 3.63) is 53.6 Å². The van der Waals surface area contributed by atoms with Gasteiger partial charge in [-0.1, -0.05) is 24.6 Å². The molecule has 1 aliphatic heterocycles. The van der Waals surface area contributed by atoms with E-state index in [0.29, 0.717) is 19.5 Å². The van der Waals surface area contributed by atoms with Gasteiger partial charge in [0.15, 0.2) is 5.75 Å². The molecular formula is C22H26N2O6S. The van der Waals surface area contributed by atoms with E-state index in [4.69, 9.17) is 0 Å². The van der Waals surface area contributed by atoms with E-state index in [-0.39, 0.29) is 34.2 Å². The number of aryl methyl sites for hydroxylation is 1. The topological polar surface area (TPSA) is 113 Å². The first-order valence-electron chi connectivity index (χ1n) is 10.1. The van der Waals surface area contributed by atoms with Gasteiger partial charge in [0.05, 0.1) is 17.7 Å². The fraction of sp³-hybridized carbons (Fsp3) is 0.364. The molecule has 1 saturated heterocycles. The molecule has 0 unspecified atom stereocenters. The van der Waals surface area contributed by atoms with Crippen LogP contribution in [0.1, 0.15) is 41.6 Å². The molecule has 1 heterocycles. The number of anilines is 1. The minimum Gasteiger partial charge on any atom is -0.505 e. The number of benzene rings is 2. The van der Waals surface area contributed by atoms with E-state index in [2.05, 4.69) is 10.1 Å². The summed E-state index contributed by atoms with van der Waals surface area (Å²) in [6.45, 7) is 1.10. The van der Waals surface area contributed by atoms with Crippen LogP contribution in [0.2, 0.25) is 0 Å². The van der Waals surface area contributed by atoms with Crippen LogP contribution >= 0.6 is 0 Å². The van der Waals surface area contributed by atoms with E-state index in [1.165, 1.54) is 29.6 Å². The van der Waals surface area contributed by atoms with E-state index < -0.39 is 16.0 Å². The average molecular weight is 447 g/mol. The number of piperidine rings is 1. The van der Waals surface area contributed by atoms with Gasteiger partial charge in [0.2, 0.25) is 15.9 Å². The first-order valence-corrected chi connectivity index (χ1v) is 11.6. The Kier molecular flexibility index (Phi) is 7.29. The van der Waals surface area contributed by atoms with Gasteiger partial charge in [-0.25, -0.2) is 13.2 Å². The summed E-state index contributed by atoms with van der Waals surface area (Å²) in [6, 6.07) is 11.0. The highest BCUT2D eigenvalue weighted by atomic mass is 32.2. The molecule has 0 spiro atoms. The zero-order chi connectivity index (χ0) is 22.4. The Morgan fingerprint density at radius 3 is 2.39 bits per heavy atom. The smallest absolute Gasteiger partial charge is 0.341 e. The first-order chi connectivity index (χ1) is 14.8. The van der Waals surface area contributed by atoms with Crippen molar-refractivity contribution in [1.82, 2.24) is 4.31 Å². The normalized spacial score (nSPS) is 14.7. The van der Waals surface area contributed by atoms with Gasteiger partial charge < -0.3 is 15.2 Å². The van der Waals surface area contributed by atoms with Crippen LogP contribution in [-0.4, -0.2) is 49.9 Å². The SMILES string of the molecule is COC(=O)c1cccc(NC(=O)CCc2ccc(S(=O)(=O)N3CCCCC3)cc2)c1O. The lowest BCUT2D eigenvalue weighted by molar-refractivity contribution is -0.116. The van der Waals surface area contributed by atoms with Gasteiger partial charge in [-0.05, 0) is 49.1 Å². The molecule has 9 heteroatoms. The van der Waals surface area contributed by atoms with E-state index in [1.54, 1.807) is 24.3 Å². The molecule has 1 fully saturated rings. The number of nitrogens with zero attached hydrogens (tertiary/aromatic N) is 1. The molecular weight excluding hydrogens is 420 g/mol. The third kappa shape index (κ3) is 5.42. The van der Waals surface area contributed by atoms with Crippen molar-refractivity contribution in [3.8, 4) is 5.75 Å². The zero-order valence-corrected chi connectivity index (χ0v) is 18.2. The number of carbonyl (C=O) groups is 2. The second kappa shape index (κ2) is 9.93. The molecule has 2 aromatic rings. The standard InChI is InChI=1S/C22H26N2O6S/c1-30-22(27)18-6-5-7-19(21(18)26)23-20(25)13-10-16-8-11-17(12-9-16)31(28,29)24-14-3-2-4-15-24/h5-9,11-12,26H,2-4,10,13-15H2,1H3,(H,23,25). The van der Waals surface area contributed by atoms with Gasteiger partial charge >= 0.3 is 5.97 Å². The Morgan fingerprint density at radius 1 is 1.06 bits per heavy atom. The minimum absolute atomic E-state index is 0.0363. The summed E-state index contributed by atoms with van der Waals surface area (Å²) in [4.78, 5) is 24.2. The van der Waals surface area contributed by atoms with Crippen molar-refractivity contribution in [2.45, 2.75) is 37.0 Å². The van der Waals surface area contributed by atoms with E-state index in [9.17, 15) is 23.1 Å². The summed E-state index contributed by atoms with van der Waals surface area (Å²) in [6.07, 6.45) is 3.33. The van der Waals surface area contributed by atoms with Gasteiger partial charge in [0.25, 0.3) is 0 Å². The third-order valence-electron chi connectivity index (χ3n) is 5.23. The van der Waals surface area contributed by atoms with Crippen LogP contribution in [0, 0.1) is 0 Å². The Morgan fingerprint density at radius 2 is 1.74 bits per heavy atom. The number of rotatable bonds is 7. The summed E-state index contributed by atoms with van der Waals surface area (Å²) < 4.78 is 31.5. The van der Waals surface area contributed by atoms with Crippen LogP contribution in [0.4, 0.5) is 5.69 Å². The number of sulfonamides is 1. The lowest BCUT2D eigenvalue weighted by Gasteiger charge is -2.25. The third-order valence-corrected chi connectivity index (χ3v) is 7.15. The van der Waals surface area contributed by atoms with Gasteiger partial charge in [0, 0.05) is 19.5 Å². The molecule has 0 atom stereocenters. The Balaban J connectivity index is 1.59. The van der Waals surface area contributed by atoms with Crippen LogP contribution in [0.25, 0.3) is 0 Å². The van der Waals surface area contributed by atoms with Gasteiger partial charge in [-0.2, -0.15) is 4.31 Å². The second-order valence-corrected chi connectivity index (χ2v) is 9.29. The number of aromatic hydroxyl groups is 1. The number of phenols is 1. The monoisotopic (exact) mass is 446 g/mol. The maximum atomic E-state index is 12.7. The van der Waals surface area contributed by atoms with Crippen LogP contribution in [0.5, 0.6) is 5.75 Å². The molecule has 166 valence electrons. The van der Waals surface area contributed by atoms with Crippen LogP contribution in [0.3, 0.4) is 0 Å². The summed E-state index contributed by atoms with van der Waals surface area (Å²) in [7, 11) is -2.28. The number of hydrogen-bond donors (Lipinski definition) is 2. The number of phenolic OH excluding ortho intramolecular Hbond substituents is 1. The number of carbonyl (C=O) groups excluding carboxylic acids is 2. The molecule has 8 nitrogen and oxygen atoms in total. The fourth-order valence-corrected chi connectivity index (χ4v) is 4.99. The van der Waals surface area contributed by atoms with Crippen molar-refractivity contribution < 1.29 is 27.9 Å². The average Bonchev–Trinajstić information content (AvgIpc) is 2.79. The highest BCUT2D eigenvalue weighted by molar-refractivity contribution is 7.89. The predicted octanol–water partition coefficient (Wildman–Crippen LogP) is 2.92. The van der Waals surface area contributed by atoms with Gasteiger partial charge in [-0.3, -0.25) is 4.79 Å². The molecule has 31 heavy (non-hydrogen) atoms. The number of hydrogen-bond acceptors (Lipinski definition) is 6. The number of methoxy groups -OCH3 is 1. The molecule has 1 aliphatic rings. The number of ether oxygens (including phenoxy) is 1. The van der Waals surface area contributed by atoms with E-state index in [0.717, 1.165) is 24.8 Å². The Bertz CT molecular complexity index is 1040. The molecule has 1 amide bonds. The van der Waals surface area contributed by atoms with Crippen molar-refractivity contribution in [1.29, 1.82) is 0 Å². The number of esters is 1. The number of nitrogens with one attached hydrogen (secondary N) is 1. The quantitative estimate of drug-likeness (QED) is 0.499. The number of amides is 1. The molecule has 2 N–H and O–H groups in total. The van der Waals surface area contributed by atoms with Gasteiger partial charge in [-0.15, -0.1) is 0 Å². The molecule has 0 radical (unpaired) electrons. The molecule has 0 bridgehead atoms. The van der Waals surface area contributed by atoms with Crippen LogP contribution in [-0.2, 0) is 26.0 Å². The minimum atomic E-state index is -3.48. The predicted molar refractivity (Wildman–Crippen MR) is 115 cm³/mol. The van der Waals surface area contributed by atoms with Crippen molar-refractivity contribution in [2.75, 3.05) is 25.5 Å². The molecule has 2 aromatic carbocycles. The maximum absolute atomic E-state index is 12.7. The van der Waals surface area contributed by atoms with Crippen LogP contribution in [0.15, 0.2) is 47.4 Å². The highest BCUT2D eigenvalue weighted by Crippen LogP contribution is 2.28. The lowest BCUT2D eigenvalue weighted by Crippen LogP contribution is -2.35. The number of para-hydroxylation sites is 1. The summed E-state index contributed by atoms with van der Waals surface area (Å²) >= 11 is 0. The largest absolute Gasteiger partial charge is 0.505 e. The molecule has 0 aliphatic carbocycles. The van der Waals surface area contributed by atoms with Crippen molar-refractivity contribution in [3.63, 3.8) is 0 Å². The van der Waals surface area contributed by atoms with Gasteiger partial charge in [0.1, 0.15) is 5.56 Å². The summed E-state index contributed by atoms with van der Waals surface area (Å²) in [5, 5.41) is 12.7.